The predicted octanol–water partition coefficient (Wildman–Crippen LogP) is 3.82. The largest absolute Gasteiger partial charge is 0.481 e. The summed E-state index contributed by atoms with van der Waals surface area (Å²) in [5.41, 5.74) is -2.20. The van der Waals surface area contributed by atoms with Gasteiger partial charge in [0.25, 0.3) is 0 Å². The molecule has 26 heavy (non-hydrogen) atoms. The number of alkyl halides is 3. The van der Waals surface area contributed by atoms with Crippen LogP contribution < -0.4 is 4.74 Å². The maximum atomic E-state index is 13.1. The molecule has 6 nitrogen and oxygen atoms in total. The van der Waals surface area contributed by atoms with E-state index in [9.17, 15) is 22.8 Å². The number of carbonyl (C=O) groups is 2. The first kappa shape index (κ1) is 20.0. The summed E-state index contributed by atoms with van der Waals surface area (Å²) in [5, 5.41) is 1.59. The van der Waals surface area contributed by atoms with Crippen molar-refractivity contribution in [1.82, 2.24) is 4.98 Å². The van der Waals surface area contributed by atoms with E-state index in [0.29, 0.717) is 6.07 Å². The van der Waals surface area contributed by atoms with Crippen LogP contribution in [0.25, 0.3) is 10.9 Å². The topological polar surface area (TPSA) is 74.7 Å². The van der Waals surface area contributed by atoms with E-state index in [4.69, 9.17) is 9.47 Å². The number of hydrogen-bond acceptors (Lipinski definition) is 7. The van der Waals surface area contributed by atoms with Gasteiger partial charge in [0.2, 0.25) is 0 Å². The summed E-state index contributed by atoms with van der Waals surface area (Å²) in [6, 6.07) is 0.681. The number of methoxy groups -OCH3 is 1. The van der Waals surface area contributed by atoms with Crippen LogP contribution in [0.15, 0.2) is 11.4 Å². The highest BCUT2D eigenvalue weighted by atomic mass is 32.1. The van der Waals surface area contributed by atoms with Crippen molar-refractivity contribution < 1.29 is 37.0 Å². The van der Waals surface area contributed by atoms with Crippen LogP contribution in [-0.4, -0.2) is 36.2 Å². The quantitative estimate of drug-likeness (QED) is 0.738. The number of esters is 2. The van der Waals surface area contributed by atoms with Crippen molar-refractivity contribution in [2.75, 3.05) is 13.7 Å². The first-order chi connectivity index (χ1) is 11.9. The Balaban J connectivity index is 2.43. The lowest BCUT2D eigenvalue weighted by Gasteiger charge is -2.19. The molecule has 142 valence electrons. The summed E-state index contributed by atoms with van der Waals surface area (Å²) in [5.74, 6) is -1.77. The van der Waals surface area contributed by atoms with Crippen LogP contribution in [0.4, 0.5) is 13.2 Å². The van der Waals surface area contributed by atoms with Gasteiger partial charge < -0.3 is 14.2 Å². The first-order valence-electron chi connectivity index (χ1n) is 7.35. The highest BCUT2D eigenvalue weighted by molar-refractivity contribution is 7.13. The van der Waals surface area contributed by atoms with Crippen LogP contribution >= 0.6 is 11.3 Å². The monoisotopic (exact) mass is 391 g/mol. The Hall–Kier alpha value is -2.36. The third-order valence-corrected chi connectivity index (χ3v) is 3.91. The van der Waals surface area contributed by atoms with Gasteiger partial charge in [0.1, 0.15) is 27.4 Å². The first-order valence-corrected chi connectivity index (χ1v) is 8.22. The van der Waals surface area contributed by atoms with Gasteiger partial charge in [-0.1, -0.05) is 0 Å². The van der Waals surface area contributed by atoms with Crippen LogP contribution in [0.1, 0.15) is 36.1 Å². The average molecular weight is 391 g/mol. The Morgan fingerprint density at radius 1 is 1.23 bits per heavy atom. The molecular formula is C16H16F3NO5S. The maximum Gasteiger partial charge on any atom is 0.433 e. The molecule has 0 aromatic carbocycles. The lowest BCUT2D eigenvalue weighted by molar-refractivity contribution is -0.157. The number of rotatable bonds is 4. The minimum absolute atomic E-state index is 0.0873. The summed E-state index contributed by atoms with van der Waals surface area (Å²) in [6.07, 6.45) is -4.76. The number of thiophene rings is 1. The zero-order valence-corrected chi connectivity index (χ0v) is 15.2. The van der Waals surface area contributed by atoms with E-state index in [1.807, 2.05) is 0 Å². The van der Waals surface area contributed by atoms with Gasteiger partial charge in [0.05, 0.1) is 12.5 Å². The lowest BCUT2D eigenvalue weighted by Crippen LogP contribution is -2.27. The molecule has 0 atom stereocenters. The van der Waals surface area contributed by atoms with Crippen molar-refractivity contribution >= 4 is 34.2 Å². The summed E-state index contributed by atoms with van der Waals surface area (Å²) >= 11 is 0.873. The number of nitrogens with zero attached hydrogens (tertiary/aromatic N) is 1. The molecule has 0 aliphatic carbocycles. The molecule has 0 spiro atoms. The zero-order chi connectivity index (χ0) is 19.7. The van der Waals surface area contributed by atoms with Crippen molar-refractivity contribution in [3.63, 3.8) is 0 Å². The van der Waals surface area contributed by atoms with Crippen molar-refractivity contribution in [3.05, 3.63) is 22.0 Å². The van der Waals surface area contributed by atoms with Crippen molar-refractivity contribution in [2.24, 2.45) is 0 Å². The Bertz CT molecular complexity index is 839. The second kappa shape index (κ2) is 7.10. The van der Waals surface area contributed by atoms with E-state index in [-0.39, 0.29) is 21.5 Å². The number of ether oxygens (including phenoxy) is 3. The van der Waals surface area contributed by atoms with Crippen LogP contribution in [0.3, 0.4) is 0 Å². The van der Waals surface area contributed by atoms with Crippen molar-refractivity contribution in [3.8, 4) is 5.75 Å². The molecule has 0 amide bonds. The molecule has 0 N–H and O–H groups in total. The van der Waals surface area contributed by atoms with Gasteiger partial charge in [-0.25, -0.2) is 14.6 Å². The van der Waals surface area contributed by atoms with E-state index >= 15 is 0 Å². The van der Waals surface area contributed by atoms with Gasteiger partial charge in [-0.15, -0.1) is 11.3 Å². The highest BCUT2D eigenvalue weighted by Gasteiger charge is 2.35. The number of carbonyl (C=O) groups excluding carboxylic acids is 2. The molecule has 0 saturated carbocycles. The summed E-state index contributed by atoms with van der Waals surface area (Å²) in [4.78, 5) is 26.9. The summed E-state index contributed by atoms with van der Waals surface area (Å²) in [6.45, 7) is 4.37. The molecular weight excluding hydrogens is 375 g/mol. The highest BCUT2D eigenvalue weighted by Crippen LogP contribution is 2.37. The van der Waals surface area contributed by atoms with E-state index < -0.39 is 36.0 Å². The molecule has 0 fully saturated rings. The third-order valence-electron chi connectivity index (χ3n) is 2.96. The van der Waals surface area contributed by atoms with Crippen molar-refractivity contribution in [1.29, 1.82) is 0 Å². The van der Waals surface area contributed by atoms with Gasteiger partial charge in [0.15, 0.2) is 6.61 Å². The fourth-order valence-electron chi connectivity index (χ4n) is 2.00. The molecule has 0 aliphatic heterocycles. The molecule has 2 aromatic rings. The Kier molecular flexibility index (Phi) is 5.45. The minimum Gasteiger partial charge on any atom is -0.481 e. The lowest BCUT2D eigenvalue weighted by atomic mass is 10.2. The van der Waals surface area contributed by atoms with Gasteiger partial charge in [-0.3, -0.25) is 0 Å². The van der Waals surface area contributed by atoms with Crippen LogP contribution in [0.2, 0.25) is 0 Å². The predicted molar refractivity (Wildman–Crippen MR) is 87.3 cm³/mol. The number of pyridine rings is 1. The minimum atomic E-state index is -4.76. The van der Waals surface area contributed by atoms with E-state index in [1.165, 1.54) is 5.38 Å². The van der Waals surface area contributed by atoms with Gasteiger partial charge in [0, 0.05) is 11.4 Å². The molecule has 0 aliphatic rings. The molecule has 2 aromatic heterocycles. The van der Waals surface area contributed by atoms with Gasteiger partial charge >= 0.3 is 18.1 Å². The van der Waals surface area contributed by atoms with Gasteiger partial charge in [-0.05, 0) is 20.8 Å². The fraction of sp³-hybridized carbons (Fsp3) is 0.438. The summed E-state index contributed by atoms with van der Waals surface area (Å²) in [7, 11) is 1.11. The van der Waals surface area contributed by atoms with Crippen molar-refractivity contribution in [2.45, 2.75) is 32.5 Å². The second-order valence-corrected chi connectivity index (χ2v) is 7.08. The smallest absolute Gasteiger partial charge is 0.433 e. The Labute approximate surface area is 150 Å². The van der Waals surface area contributed by atoms with E-state index in [2.05, 4.69) is 9.72 Å². The molecule has 0 radical (unpaired) electrons. The zero-order valence-electron chi connectivity index (χ0n) is 14.4. The maximum absolute atomic E-state index is 13.1. The normalized spacial score (nSPS) is 12.1. The number of aromatic nitrogens is 1. The Morgan fingerprint density at radius 2 is 1.88 bits per heavy atom. The second-order valence-electron chi connectivity index (χ2n) is 6.20. The van der Waals surface area contributed by atoms with E-state index in [0.717, 1.165) is 18.4 Å². The molecule has 0 bridgehead atoms. The SMILES string of the molecule is COC(=O)c1scc2c(OCC(=O)OC(C)(C)C)cc(C(F)(F)F)nc12. The standard InChI is InChI=1S/C16H16F3NO5S/c1-15(2,3)25-11(21)6-24-9-5-10(16(17,18)19)20-12-8(9)7-26-13(12)14(22)23-4/h5,7H,6H2,1-4H3. The molecule has 0 saturated heterocycles. The molecule has 10 heteroatoms. The van der Waals surface area contributed by atoms with Gasteiger partial charge in [-0.2, -0.15) is 13.2 Å². The third kappa shape index (κ3) is 4.63. The van der Waals surface area contributed by atoms with Crippen LogP contribution in [-0.2, 0) is 20.4 Å². The number of halogens is 3. The molecule has 0 unspecified atom stereocenters. The van der Waals surface area contributed by atoms with E-state index in [1.54, 1.807) is 20.8 Å². The number of fused-ring (bicyclic) bond motifs is 1. The fourth-order valence-corrected chi connectivity index (χ4v) is 2.91. The van der Waals surface area contributed by atoms with Crippen LogP contribution in [0, 0.1) is 0 Å². The summed E-state index contributed by atoms with van der Waals surface area (Å²) < 4.78 is 54.2. The average Bonchev–Trinajstić information content (AvgIpc) is 2.93. The number of hydrogen-bond donors (Lipinski definition) is 0. The molecule has 2 rings (SSSR count). The molecule has 2 heterocycles. The Morgan fingerprint density at radius 3 is 2.42 bits per heavy atom. The van der Waals surface area contributed by atoms with Crippen LogP contribution in [0.5, 0.6) is 5.75 Å².